The number of carbonyl (C=O) groups is 2. The molecule has 1 saturated heterocycles. The molecule has 1 aromatic rings. The fourth-order valence-corrected chi connectivity index (χ4v) is 3.26. The third-order valence-corrected chi connectivity index (χ3v) is 4.67. The highest BCUT2D eigenvalue weighted by atomic mass is 35.5. The summed E-state index contributed by atoms with van der Waals surface area (Å²) < 4.78 is 5.33. The summed E-state index contributed by atoms with van der Waals surface area (Å²) in [6.07, 6.45) is 1.01. The van der Waals surface area contributed by atoms with Gasteiger partial charge in [0.1, 0.15) is 12.3 Å². The second-order valence-corrected chi connectivity index (χ2v) is 7.56. The minimum absolute atomic E-state index is 0.0450. The van der Waals surface area contributed by atoms with Crippen molar-refractivity contribution in [2.45, 2.75) is 51.7 Å². The molecule has 1 atom stereocenters. The van der Waals surface area contributed by atoms with Crippen LogP contribution in [0.25, 0.3) is 0 Å². The van der Waals surface area contributed by atoms with Crippen LogP contribution in [-0.2, 0) is 26.3 Å². The van der Waals surface area contributed by atoms with Crippen LogP contribution in [0.1, 0.15) is 44.7 Å². The van der Waals surface area contributed by atoms with Crippen molar-refractivity contribution in [3.8, 4) is 0 Å². The van der Waals surface area contributed by atoms with Crippen LogP contribution in [0.15, 0.2) is 35.0 Å². The normalized spacial score (nSPS) is 20.4. The molecular formula is C18H20ClNO3. The van der Waals surface area contributed by atoms with Crippen LogP contribution in [-0.4, -0.2) is 22.8 Å². The van der Waals surface area contributed by atoms with Crippen LogP contribution in [0.3, 0.4) is 0 Å². The van der Waals surface area contributed by atoms with E-state index < -0.39 is 5.97 Å². The summed E-state index contributed by atoms with van der Waals surface area (Å²) in [5, 5.41) is 0.425. The quantitative estimate of drug-likeness (QED) is 0.628. The summed E-state index contributed by atoms with van der Waals surface area (Å²) in [5.74, 6) is -0.586. The number of hydrogen-bond donors (Lipinski definition) is 0. The van der Waals surface area contributed by atoms with Crippen LogP contribution in [0.5, 0.6) is 0 Å². The van der Waals surface area contributed by atoms with Crippen molar-refractivity contribution in [2.24, 2.45) is 0 Å². The minimum atomic E-state index is -0.523. The number of carbonyl (C=O) groups excluding carboxylic acids is 2. The van der Waals surface area contributed by atoms with E-state index in [1.165, 1.54) is 10.5 Å². The number of hydrogen-bond acceptors (Lipinski definition) is 3. The topological polar surface area (TPSA) is 46.6 Å². The summed E-state index contributed by atoms with van der Waals surface area (Å²) in [7, 11) is 0. The molecule has 2 aliphatic rings. The summed E-state index contributed by atoms with van der Waals surface area (Å²) >= 11 is 6.11. The van der Waals surface area contributed by atoms with Crippen LogP contribution >= 0.6 is 11.6 Å². The molecule has 4 nitrogen and oxygen atoms in total. The number of ether oxygens (including phenoxy) is 1. The van der Waals surface area contributed by atoms with Crippen LogP contribution in [0.4, 0.5) is 0 Å². The van der Waals surface area contributed by atoms with Gasteiger partial charge in [-0.2, -0.15) is 0 Å². The Bertz CT molecular complexity index is 685. The van der Waals surface area contributed by atoms with E-state index in [4.69, 9.17) is 16.3 Å². The van der Waals surface area contributed by atoms with Gasteiger partial charge in [0, 0.05) is 12.8 Å². The second-order valence-electron chi connectivity index (χ2n) is 7.10. The van der Waals surface area contributed by atoms with Crippen LogP contribution in [0, 0.1) is 0 Å². The van der Waals surface area contributed by atoms with E-state index in [0.29, 0.717) is 17.9 Å². The maximum atomic E-state index is 12.2. The molecule has 2 aliphatic heterocycles. The minimum Gasteiger partial charge on any atom is -0.456 e. The van der Waals surface area contributed by atoms with Crippen LogP contribution < -0.4 is 0 Å². The van der Waals surface area contributed by atoms with E-state index in [2.05, 4.69) is 20.8 Å². The maximum absolute atomic E-state index is 12.2. The Morgan fingerprint density at radius 1 is 1.26 bits per heavy atom. The number of esters is 1. The van der Waals surface area contributed by atoms with Gasteiger partial charge in [0.05, 0.1) is 11.1 Å². The van der Waals surface area contributed by atoms with E-state index in [0.717, 1.165) is 5.56 Å². The van der Waals surface area contributed by atoms with Crippen molar-refractivity contribution in [2.75, 3.05) is 0 Å². The number of amides is 1. The molecule has 122 valence electrons. The Kier molecular flexibility index (Phi) is 3.96. The Balaban J connectivity index is 1.63. The fourth-order valence-electron chi connectivity index (χ4n) is 2.91. The third-order valence-electron chi connectivity index (χ3n) is 4.34. The molecule has 1 amide bonds. The molecule has 5 heteroatoms. The highest BCUT2D eigenvalue weighted by Gasteiger charge is 2.47. The number of benzene rings is 1. The number of halogens is 1. The van der Waals surface area contributed by atoms with Gasteiger partial charge in [-0.3, -0.25) is 4.79 Å². The number of nitrogens with zero attached hydrogens (tertiary/aromatic N) is 1. The van der Waals surface area contributed by atoms with Gasteiger partial charge in [-0.15, -0.1) is 0 Å². The van der Waals surface area contributed by atoms with Crippen LogP contribution in [0.2, 0.25) is 0 Å². The van der Waals surface area contributed by atoms with Crippen molar-refractivity contribution in [3.63, 3.8) is 0 Å². The average Bonchev–Trinajstić information content (AvgIpc) is 2.75. The van der Waals surface area contributed by atoms with E-state index in [1.807, 2.05) is 24.3 Å². The average molecular weight is 334 g/mol. The molecule has 0 N–H and O–H groups in total. The standard InChI is InChI=1S/C18H20ClNO3/c1-18(2,3)12-6-4-11(5-7-12)10-23-17(22)16-14(19)8-13-9-15(21)20(13)16/h4-7,13H,8-10H2,1-3H3. The van der Waals surface area contributed by atoms with Crippen molar-refractivity contribution in [3.05, 3.63) is 46.1 Å². The molecule has 1 aromatic carbocycles. The molecule has 1 unspecified atom stereocenters. The van der Waals surface area contributed by atoms with Gasteiger partial charge < -0.3 is 9.64 Å². The predicted molar refractivity (Wildman–Crippen MR) is 87.7 cm³/mol. The number of rotatable bonds is 3. The van der Waals surface area contributed by atoms with Gasteiger partial charge in [0.2, 0.25) is 5.91 Å². The van der Waals surface area contributed by atoms with Crippen molar-refractivity contribution < 1.29 is 14.3 Å². The van der Waals surface area contributed by atoms with E-state index in [9.17, 15) is 9.59 Å². The first-order valence-electron chi connectivity index (χ1n) is 7.74. The zero-order valence-corrected chi connectivity index (χ0v) is 14.3. The molecule has 3 rings (SSSR count). The molecule has 0 spiro atoms. The molecule has 0 aromatic heterocycles. The highest BCUT2D eigenvalue weighted by molar-refractivity contribution is 6.32. The van der Waals surface area contributed by atoms with Gasteiger partial charge in [-0.25, -0.2) is 4.79 Å². The number of fused-ring (bicyclic) bond motifs is 1. The lowest BCUT2D eigenvalue weighted by molar-refractivity contribution is -0.150. The van der Waals surface area contributed by atoms with Crippen molar-refractivity contribution in [1.29, 1.82) is 0 Å². The SMILES string of the molecule is CC(C)(C)c1ccc(COC(=O)C2=C(Cl)CC3CC(=O)N23)cc1. The molecule has 0 saturated carbocycles. The zero-order valence-electron chi connectivity index (χ0n) is 13.6. The predicted octanol–water partition coefficient (Wildman–Crippen LogP) is 3.48. The fraction of sp³-hybridized carbons (Fsp3) is 0.444. The Morgan fingerprint density at radius 2 is 1.91 bits per heavy atom. The van der Waals surface area contributed by atoms with Gasteiger partial charge in [0.15, 0.2) is 0 Å². The summed E-state index contributed by atoms with van der Waals surface area (Å²) in [4.78, 5) is 25.3. The lowest BCUT2D eigenvalue weighted by Crippen LogP contribution is -2.49. The molecule has 0 bridgehead atoms. The molecule has 0 aliphatic carbocycles. The Hall–Kier alpha value is -1.81. The first-order valence-corrected chi connectivity index (χ1v) is 8.12. The Labute approximate surface area is 141 Å². The summed E-state index contributed by atoms with van der Waals surface area (Å²) in [5.41, 5.74) is 2.44. The summed E-state index contributed by atoms with van der Waals surface area (Å²) in [6.45, 7) is 6.62. The maximum Gasteiger partial charge on any atom is 0.356 e. The second kappa shape index (κ2) is 5.68. The van der Waals surface area contributed by atoms with Gasteiger partial charge >= 0.3 is 5.97 Å². The van der Waals surface area contributed by atoms with Crippen molar-refractivity contribution >= 4 is 23.5 Å². The molecular weight excluding hydrogens is 314 g/mol. The number of β-lactam (4-membered cyclic amide) rings is 1. The smallest absolute Gasteiger partial charge is 0.356 e. The van der Waals surface area contributed by atoms with Crippen molar-refractivity contribution in [1.82, 2.24) is 4.90 Å². The van der Waals surface area contributed by atoms with Gasteiger partial charge in [0.25, 0.3) is 0 Å². The van der Waals surface area contributed by atoms with E-state index in [1.54, 1.807) is 0 Å². The first-order chi connectivity index (χ1) is 10.8. The molecule has 2 heterocycles. The van der Waals surface area contributed by atoms with E-state index in [-0.39, 0.29) is 29.7 Å². The molecule has 0 radical (unpaired) electrons. The lowest BCUT2D eigenvalue weighted by Gasteiger charge is -2.35. The van der Waals surface area contributed by atoms with Gasteiger partial charge in [-0.1, -0.05) is 56.6 Å². The largest absolute Gasteiger partial charge is 0.456 e. The van der Waals surface area contributed by atoms with Gasteiger partial charge in [-0.05, 0) is 16.5 Å². The third kappa shape index (κ3) is 3.00. The Morgan fingerprint density at radius 3 is 2.48 bits per heavy atom. The molecule has 23 heavy (non-hydrogen) atoms. The molecule has 1 fully saturated rings. The first kappa shape index (κ1) is 16.1. The summed E-state index contributed by atoms with van der Waals surface area (Å²) in [6, 6.07) is 8.04. The zero-order chi connectivity index (χ0) is 16.8. The lowest BCUT2D eigenvalue weighted by atomic mass is 9.87. The monoisotopic (exact) mass is 333 g/mol. The van der Waals surface area contributed by atoms with E-state index >= 15 is 0 Å². The highest BCUT2D eigenvalue weighted by Crippen LogP contribution is 2.40.